The van der Waals surface area contributed by atoms with Crippen molar-refractivity contribution in [3.63, 3.8) is 0 Å². The molecular weight excluding hydrogens is 254 g/mol. The van der Waals surface area contributed by atoms with Crippen LogP contribution in [0.15, 0.2) is 36.7 Å². The average Bonchev–Trinajstić information content (AvgIpc) is 2.38. The Kier molecular flexibility index (Phi) is 3.48. The summed E-state index contributed by atoms with van der Waals surface area (Å²) in [6.07, 6.45) is 3.26. The SMILES string of the molecule is COc1cncc(-c2ccc(C(=O)O)c(Cl)c2)c1. The molecule has 1 N–H and O–H groups in total. The van der Waals surface area contributed by atoms with Gasteiger partial charge in [-0.25, -0.2) is 4.79 Å². The summed E-state index contributed by atoms with van der Waals surface area (Å²) >= 11 is 5.92. The smallest absolute Gasteiger partial charge is 0.337 e. The van der Waals surface area contributed by atoms with Gasteiger partial charge >= 0.3 is 5.97 Å². The number of ether oxygens (including phenoxy) is 1. The fraction of sp³-hybridized carbons (Fsp3) is 0.0769. The Balaban J connectivity index is 2.45. The van der Waals surface area contributed by atoms with Gasteiger partial charge in [-0.3, -0.25) is 4.98 Å². The summed E-state index contributed by atoms with van der Waals surface area (Å²) in [5, 5.41) is 9.09. The molecule has 0 fully saturated rings. The maximum atomic E-state index is 10.9. The number of carboxylic acid groups (broad SMARTS) is 1. The van der Waals surface area contributed by atoms with Crippen LogP contribution in [0.2, 0.25) is 5.02 Å². The minimum Gasteiger partial charge on any atom is -0.495 e. The molecule has 4 nitrogen and oxygen atoms in total. The van der Waals surface area contributed by atoms with Crippen molar-refractivity contribution in [1.82, 2.24) is 4.98 Å². The van der Waals surface area contributed by atoms with Gasteiger partial charge in [-0.15, -0.1) is 0 Å². The second-order valence-corrected chi connectivity index (χ2v) is 4.02. The van der Waals surface area contributed by atoms with E-state index in [1.54, 1.807) is 37.7 Å². The first-order chi connectivity index (χ1) is 8.61. The first-order valence-corrected chi connectivity index (χ1v) is 5.52. The molecule has 0 aliphatic rings. The zero-order valence-corrected chi connectivity index (χ0v) is 10.3. The first kappa shape index (κ1) is 12.4. The van der Waals surface area contributed by atoms with Crippen LogP contribution in [0, 0.1) is 0 Å². The Labute approximate surface area is 109 Å². The topological polar surface area (TPSA) is 59.4 Å². The third-order valence-corrected chi connectivity index (χ3v) is 2.79. The molecule has 0 atom stereocenters. The van der Waals surface area contributed by atoms with Crippen LogP contribution in [0.3, 0.4) is 0 Å². The molecule has 0 saturated carbocycles. The number of aromatic nitrogens is 1. The Hall–Kier alpha value is -2.07. The number of hydrogen-bond donors (Lipinski definition) is 1. The van der Waals surface area contributed by atoms with E-state index in [1.807, 2.05) is 0 Å². The molecule has 0 saturated heterocycles. The van der Waals surface area contributed by atoms with Gasteiger partial charge in [0.05, 0.1) is 23.9 Å². The van der Waals surface area contributed by atoms with E-state index in [9.17, 15) is 4.79 Å². The molecule has 18 heavy (non-hydrogen) atoms. The van der Waals surface area contributed by atoms with Crippen molar-refractivity contribution in [3.8, 4) is 16.9 Å². The fourth-order valence-corrected chi connectivity index (χ4v) is 1.82. The van der Waals surface area contributed by atoms with Gasteiger partial charge in [-0.1, -0.05) is 17.7 Å². The van der Waals surface area contributed by atoms with Crippen LogP contribution >= 0.6 is 11.6 Å². The number of pyridine rings is 1. The summed E-state index contributed by atoms with van der Waals surface area (Å²) in [6.45, 7) is 0. The number of halogens is 1. The van der Waals surface area contributed by atoms with Crippen LogP contribution in [0.25, 0.3) is 11.1 Å². The number of rotatable bonds is 3. The molecule has 0 bridgehead atoms. The van der Waals surface area contributed by atoms with E-state index in [0.29, 0.717) is 5.75 Å². The van der Waals surface area contributed by atoms with Crippen LogP contribution in [-0.4, -0.2) is 23.2 Å². The number of nitrogens with zero attached hydrogens (tertiary/aromatic N) is 1. The molecule has 2 aromatic rings. The molecule has 0 unspecified atom stereocenters. The van der Waals surface area contributed by atoms with Crippen molar-refractivity contribution in [1.29, 1.82) is 0 Å². The second kappa shape index (κ2) is 5.06. The predicted molar refractivity (Wildman–Crippen MR) is 68.2 cm³/mol. The summed E-state index contributed by atoms with van der Waals surface area (Å²) in [5.74, 6) is -0.416. The van der Waals surface area contributed by atoms with Gasteiger partial charge in [0, 0.05) is 11.8 Å². The molecule has 0 aliphatic heterocycles. The van der Waals surface area contributed by atoms with E-state index >= 15 is 0 Å². The van der Waals surface area contributed by atoms with E-state index in [2.05, 4.69) is 4.98 Å². The van der Waals surface area contributed by atoms with Gasteiger partial charge in [0.2, 0.25) is 0 Å². The summed E-state index contributed by atoms with van der Waals surface area (Å²) in [5.41, 5.74) is 1.68. The van der Waals surface area contributed by atoms with E-state index in [0.717, 1.165) is 11.1 Å². The van der Waals surface area contributed by atoms with E-state index in [-0.39, 0.29) is 10.6 Å². The quantitative estimate of drug-likeness (QED) is 0.924. The number of carboxylic acids is 1. The first-order valence-electron chi connectivity index (χ1n) is 5.14. The normalized spacial score (nSPS) is 10.1. The Morgan fingerprint density at radius 1 is 1.28 bits per heavy atom. The van der Waals surface area contributed by atoms with Crippen molar-refractivity contribution >= 4 is 17.6 Å². The third kappa shape index (κ3) is 2.43. The molecule has 5 heteroatoms. The van der Waals surface area contributed by atoms with Gasteiger partial charge in [-0.05, 0) is 23.8 Å². The second-order valence-electron chi connectivity index (χ2n) is 3.61. The Bertz CT molecular complexity index is 599. The van der Waals surface area contributed by atoms with Crippen molar-refractivity contribution in [2.45, 2.75) is 0 Å². The molecule has 1 aromatic carbocycles. The molecule has 92 valence electrons. The number of benzene rings is 1. The molecule has 0 radical (unpaired) electrons. The third-order valence-electron chi connectivity index (χ3n) is 2.48. The lowest BCUT2D eigenvalue weighted by Gasteiger charge is -2.06. The van der Waals surface area contributed by atoms with Crippen molar-refractivity contribution in [3.05, 3.63) is 47.2 Å². The van der Waals surface area contributed by atoms with E-state index in [1.165, 1.54) is 6.07 Å². The number of carbonyl (C=O) groups is 1. The number of aromatic carboxylic acids is 1. The van der Waals surface area contributed by atoms with Crippen LogP contribution < -0.4 is 4.74 Å². The highest BCUT2D eigenvalue weighted by Gasteiger charge is 2.10. The number of methoxy groups -OCH3 is 1. The fourth-order valence-electron chi connectivity index (χ4n) is 1.56. The van der Waals surface area contributed by atoms with Crippen LogP contribution in [0.4, 0.5) is 0 Å². The van der Waals surface area contributed by atoms with Crippen molar-refractivity contribution in [2.75, 3.05) is 7.11 Å². The maximum Gasteiger partial charge on any atom is 0.337 e. The molecule has 1 aromatic heterocycles. The molecule has 2 rings (SSSR count). The van der Waals surface area contributed by atoms with Gasteiger partial charge in [0.15, 0.2) is 0 Å². The largest absolute Gasteiger partial charge is 0.495 e. The van der Waals surface area contributed by atoms with Crippen LogP contribution in [0.5, 0.6) is 5.75 Å². The Morgan fingerprint density at radius 2 is 2.06 bits per heavy atom. The molecule has 0 spiro atoms. The molecular formula is C13H10ClNO3. The monoisotopic (exact) mass is 263 g/mol. The summed E-state index contributed by atoms with van der Waals surface area (Å²) < 4.78 is 5.08. The predicted octanol–water partition coefficient (Wildman–Crippen LogP) is 3.11. The van der Waals surface area contributed by atoms with E-state index < -0.39 is 5.97 Å². The molecule has 0 amide bonds. The average molecular weight is 264 g/mol. The zero-order valence-electron chi connectivity index (χ0n) is 9.55. The van der Waals surface area contributed by atoms with Gasteiger partial charge in [-0.2, -0.15) is 0 Å². The summed E-state index contributed by atoms with van der Waals surface area (Å²) in [4.78, 5) is 14.9. The van der Waals surface area contributed by atoms with Crippen LogP contribution in [0.1, 0.15) is 10.4 Å². The van der Waals surface area contributed by atoms with Crippen molar-refractivity contribution < 1.29 is 14.6 Å². The lowest BCUT2D eigenvalue weighted by Crippen LogP contribution is -1.97. The zero-order chi connectivity index (χ0) is 13.1. The van der Waals surface area contributed by atoms with Crippen LogP contribution in [-0.2, 0) is 0 Å². The lowest BCUT2D eigenvalue weighted by atomic mass is 10.1. The number of hydrogen-bond acceptors (Lipinski definition) is 3. The highest BCUT2D eigenvalue weighted by atomic mass is 35.5. The van der Waals surface area contributed by atoms with Gasteiger partial charge < -0.3 is 9.84 Å². The highest BCUT2D eigenvalue weighted by molar-refractivity contribution is 6.33. The Morgan fingerprint density at radius 3 is 2.67 bits per heavy atom. The minimum absolute atomic E-state index is 0.0799. The molecule has 1 heterocycles. The minimum atomic E-state index is -1.05. The van der Waals surface area contributed by atoms with Crippen molar-refractivity contribution in [2.24, 2.45) is 0 Å². The molecule has 0 aliphatic carbocycles. The summed E-state index contributed by atoms with van der Waals surface area (Å²) in [6, 6.07) is 6.56. The lowest BCUT2D eigenvalue weighted by molar-refractivity contribution is 0.0697. The van der Waals surface area contributed by atoms with E-state index in [4.69, 9.17) is 21.4 Å². The van der Waals surface area contributed by atoms with Gasteiger partial charge in [0.1, 0.15) is 5.75 Å². The van der Waals surface area contributed by atoms with Gasteiger partial charge in [0.25, 0.3) is 0 Å². The summed E-state index contributed by atoms with van der Waals surface area (Å²) in [7, 11) is 1.56. The standard InChI is InChI=1S/C13H10ClNO3/c1-18-10-4-9(6-15-7-10)8-2-3-11(13(16)17)12(14)5-8/h2-7H,1H3,(H,16,17). The highest BCUT2D eigenvalue weighted by Crippen LogP contribution is 2.27. The maximum absolute atomic E-state index is 10.9.